The quantitative estimate of drug-likeness (QED) is 0.471. The summed E-state index contributed by atoms with van der Waals surface area (Å²) < 4.78 is 34.5. The average molecular weight is 462 g/mol. The van der Waals surface area contributed by atoms with Crippen molar-refractivity contribution in [2.45, 2.75) is 10.9 Å². The third-order valence-corrected chi connectivity index (χ3v) is 7.44. The Kier molecular flexibility index (Phi) is 5.80. The topological polar surface area (TPSA) is 114 Å². The van der Waals surface area contributed by atoms with Crippen molar-refractivity contribution in [3.63, 3.8) is 0 Å². The number of sulfonamides is 1. The standard InChI is InChI=1S/C24H23N5O3S/c1-28-21-12-10-17(29(2)33(30,31)18-7-5-4-6-8-18)14-20(21)27-24(28)23(26)19-11-9-16(15-25)13-22(19)32-3/h4-14,23H,26H2,1-3H3. The molecular formula is C24H23N5O3S. The molecule has 0 saturated heterocycles. The third kappa shape index (κ3) is 3.91. The number of imidazole rings is 1. The molecule has 2 N–H and O–H groups in total. The fourth-order valence-corrected chi connectivity index (χ4v) is 4.96. The molecule has 8 nitrogen and oxygen atoms in total. The van der Waals surface area contributed by atoms with Gasteiger partial charge in [0.15, 0.2) is 0 Å². The van der Waals surface area contributed by atoms with Gasteiger partial charge in [-0.3, -0.25) is 4.31 Å². The summed E-state index contributed by atoms with van der Waals surface area (Å²) in [5, 5.41) is 9.14. The number of methoxy groups -OCH3 is 1. The van der Waals surface area contributed by atoms with Crippen molar-refractivity contribution in [3.05, 3.63) is 83.7 Å². The van der Waals surface area contributed by atoms with Crippen LogP contribution < -0.4 is 14.8 Å². The summed E-state index contributed by atoms with van der Waals surface area (Å²) in [6.45, 7) is 0. The first-order chi connectivity index (χ1) is 15.8. The van der Waals surface area contributed by atoms with Gasteiger partial charge >= 0.3 is 0 Å². The summed E-state index contributed by atoms with van der Waals surface area (Å²) in [5.74, 6) is 1.08. The second-order valence-electron chi connectivity index (χ2n) is 7.53. The van der Waals surface area contributed by atoms with E-state index in [1.807, 2.05) is 17.7 Å². The van der Waals surface area contributed by atoms with Gasteiger partial charge in [0.1, 0.15) is 11.6 Å². The predicted molar refractivity (Wildman–Crippen MR) is 126 cm³/mol. The van der Waals surface area contributed by atoms with Crippen LogP contribution in [-0.4, -0.2) is 32.1 Å². The first-order valence-corrected chi connectivity index (χ1v) is 11.6. The first kappa shape index (κ1) is 22.3. The Labute approximate surface area is 192 Å². The van der Waals surface area contributed by atoms with Gasteiger partial charge in [-0.1, -0.05) is 24.3 Å². The number of hydrogen-bond acceptors (Lipinski definition) is 6. The van der Waals surface area contributed by atoms with Crippen LogP contribution in [0.4, 0.5) is 5.69 Å². The van der Waals surface area contributed by atoms with Crippen LogP contribution in [-0.2, 0) is 17.1 Å². The van der Waals surface area contributed by atoms with Gasteiger partial charge in [0.2, 0.25) is 0 Å². The summed E-state index contributed by atoms with van der Waals surface area (Å²) >= 11 is 0. The lowest BCUT2D eigenvalue weighted by Gasteiger charge is -2.19. The van der Waals surface area contributed by atoms with E-state index in [2.05, 4.69) is 6.07 Å². The number of rotatable bonds is 6. The van der Waals surface area contributed by atoms with E-state index in [0.717, 1.165) is 5.52 Å². The number of nitrogens with zero attached hydrogens (tertiary/aromatic N) is 4. The second-order valence-corrected chi connectivity index (χ2v) is 9.50. The van der Waals surface area contributed by atoms with Crippen molar-refractivity contribution in [2.75, 3.05) is 18.5 Å². The molecule has 0 fully saturated rings. The minimum atomic E-state index is -3.71. The summed E-state index contributed by atoms with van der Waals surface area (Å²) in [6.07, 6.45) is 0. The smallest absolute Gasteiger partial charge is 0.264 e. The Bertz CT molecular complexity index is 1470. The number of benzene rings is 3. The molecule has 0 aliphatic rings. The van der Waals surface area contributed by atoms with Crippen LogP contribution in [0, 0.1) is 11.3 Å². The van der Waals surface area contributed by atoms with Crippen LogP contribution >= 0.6 is 0 Å². The van der Waals surface area contributed by atoms with Crippen LogP contribution in [0.3, 0.4) is 0 Å². The molecule has 0 aliphatic carbocycles. The van der Waals surface area contributed by atoms with E-state index in [-0.39, 0.29) is 4.90 Å². The highest BCUT2D eigenvalue weighted by Gasteiger charge is 2.24. The van der Waals surface area contributed by atoms with Crippen molar-refractivity contribution in [1.82, 2.24) is 9.55 Å². The largest absolute Gasteiger partial charge is 0.496 e. The molecule has 0 spiro atoms. The summed E-state index contributed by atoms with van der Waals surface area (Å²) in [5.41, 5.74) is 9.61. The highest BCUT2D eigenvalue weighted by molar-refractivity contribution is 7.92. The van der Waals surface area contributed by atoms with E-state index < -0.39 is 16.1 Å². The lowest BCUT2D eigenvalue weighted by molar-refractivity contribution is 0.407. The molecule has 3 aromatic carbocycles. The van der Waals surface area contributed by atoms with Gasteiger partial charge in [0.05, 0.1) is 46.4 Å². The Morgan fingerprint density at radius 2 is 1.85 bits per heavy atom. The van der Waals surface area contributed by atoms with E-state index >= 15 is 0 Å². The zero-order valence-electron chi connectivity index (χ0n) is 18.4. The minimum Gasteiger partial charge on any atom is -0.496 e. The third-order valence-electron chi connectivity index (χ3n) is 5.64. The molecule has 1 unspecified atom stereocenters. The minimum absolute atomic E-state index is 0.212. The maximum Gasteiger partial charge on any atom is 0.264 e. The molecule has 33 heavy (non-hydrogen) atoms. The Balaban J connectivity index is 1.74. The fraction of sp³-hybridized carbons (Fsp3) is 0.167. The Morgan fingerprint density at radius 3 is 2.52 bits per heavy atom. The normalized spacial score (nSPS) is 12.3. The van der Waals surface area contributed by atoms with Crippen molar-refractivity contribution in [2.24, 2.45) is 12.8 Å². The van der Waals surface area contributed by atoms with Crippen LogP contribution in [0.5, 0.6) is 5.75 Å². The number of fused-ring (bicyclic) bond motifs is 1. The van der Waals surface area contributed by atoms with Gasteiger partial charge in [-0.05, 0) is 42.5 Å². The van der Waals surface area contributed by atoms with Crippen molar-refractivity contribution >= 4 is 26.7 Å². The Hall–Kier alpha value is -3.87. The molecule has 4 rings (SSSR count). The second kappa shape index (κ2) is 8.58. The van der Waals surface area contributed by atoms with E-state index in [1.165, 1.54) is 18.5 Å². The molecule has 1 atom stereocenters. The molecule has 0 radical (unpaired) electrons. The number of aromatic nitrogens is 2. The van der Waals surface area contributed by atoms with E-state index in [9.17, 15) is 8.42 Å². The zero-order chi connectivity index (χ0) is 23.8. The van der Waals surface area contributed by atoms with Gasteiger partial charge < -0.3 is 15.0 Å². The van der Waals surface area contributed by atoms with Crippen molar-refractivity contribution in [3.8, 4) is 11.8 Å². The number of nitrogens with two attached hydrogens (primary N) is 1. The van der Waals surface area contributed by atoms with Gasteiger partial charge in [0, 0.05) is 19.7 Å². The molecule has 0 bridgehead atoms. The zero-order valence-corrected chi connectivity index (χ0v) is 19.2. The SMILES string of the molecule is COc1cc(C#N)ccc1C(N)c1nc2cc(N(C)S(=O)(=O)c3ccccc3)ccc2n1C. The van der Waals surface area contributed by atoms with E-state index in [4.69, 9.17) is 20.7 Å². The van der Waals surface area contributed by atoms with Crippen LogP contribution in [0.2, 0.25) is 0 Å². The lowest BCUT2D eigenvalue weighted by Crippen LogP contribution is -2.26. The monoisotopic (exact) mass is 461 g/mol. The maximum atomic E-state index is 13.0. The molecule has 168 valence electrons. The molecule has 1 heterocycles. The van der Waals surface area contributed by atoms with E-state index in [0.29, 0.717) is 33.9 Å². The number of anilines is 1. The first-order valence-electron chi connectivity index (χ1n) is 10.1. The molecule has 1 aromatic heterocycles. The molecule has 0 amide bonds. The highest BCUT2D eigenvalue weighted by Crippen LogP contribution is 2.32. The van der Waals surface area contributed by atoms with Gasteiger partial charge in [-0.2, -0.15) is 5.26 Å². The van der Waals surface area contributed by atoms with E-state index in [1.54, 1.807) is 60.7 Å². The van der Waals surface area contributed by atoms with Crippen molar-refractivity contribution in [1.29, 1.82) is 5.26 Å². The molecule has 0 saturated carbocycles. The predicted octanol–water partition coefficient (Wildman–Crippen LogP) is 3.33. The number of hydrogen-bond donors (Lipinski definition) is 1. The van der Waals surface area contributed by atoms with Crippen LogP contribution in [0.15, 0.2) is 71.6 Å². The van der Waals surface area contributed by atoms with Crippen LogP contribution in [0.1, 0.15) is 23.0 Å². The summed E-state index contributed by atoms with van der Waals surface area (Å²) in [4.78, 5) is 4.91. The van der Waals surface area contributed by atoms with Crippen molar-refractivity contribution < 1.29 is 13.2 Å². The maximum absolute atomic E-state index is 13.0. The van der Waals surface area contributed by atoms with Gasteiger partial charge in [-0.15, -0.1) is 0 Å². The number of aryl methyl sites for hydroxylation is 1. The number of ether oxygens (including phenoxy) is 1. The van der Waals surface area contributed by atoms with Gasteiger partial charge in [0.25, 0.3) is 10.0 Å². The Morgan fingerprint density at radius 1 is 1.12 bits per heavy atom. The molecule has 4 aromatic rings. The summed E-state index contributed by atoms with van der Waals surface area (Å²) in [6, 6.07) is 20.1. The van der Waals surface area contributed by atoms with Gasteiger partial charge in [-0.25, -0.2) is 13.4 Å². The number of nitriles is 1. The molecular weight excluding hydrogens is 438 g/mol. The highest BCUT2D eigenvalue weighted by atomic mass is 32.2. The molecule has 9 heteroatoms. The average Bonchev–Trinajstić information content (AvgIpc) is 3.18. The fourth-order valence-electron chi connectivity index (χ4n) is 3.75. The molecule has 0 aliphatic heterocycles. The van der Waals surface area contributed by atoms with Crippen LogP contribution in [0.25, 0.3) is 11.0 Å². The summed E-state index contributed by atoms with van der Waals surface area (Å²) in [7, 11) is 1.18. The lowest BCUT2D eigenvalue weighted by atomic mass is 10.0.